The van der Waals surface area contributed by atoms with Crippen molar-refractivity contribution >= 4 is 11.6 Å². The van der Waals surface area contributed by atoms with Gasteiger partial charge in [0.1, 0.15) is 17.2 Å². The molecule has 0 N–H and O–H groups in total. The fourth-order valence-corrected chi connectivity index (χ4v) is 4.78. The zero-order valence-corrected chi connectivity index (χ0v) is 18.9. The molecule has 168 valence electrons. The molecule has 2 aliphatic carbocycles. The van der Waals surface area contributed by atoms with Gasteiger partial charge in [0, 0.05) is 24.7 Å². The van der Waals surface area contributed by atoms with Crippen molar-refractivity contribution < 1.29 is 13.9 Å². The van der Waals surface area contributed by atoms with Gasteiger partial charge in [0.25, 0.3) is 0 Å². The van der Waals surface area contributed by atoms with Crippen LogP contribution in [0.5, 0.6) is 0 Å². The van der Waals surface area contributed by atoms with Crippen LogP contribution in [0.15, 0.2) is 58.3 Å². The van der Waals surface area contributed by atoms with Gasteiger partial charge in [-0.2, -0.15) is 0 Å². The Kier molecular flexibility index (Phi) is 6.47. The van der Waals surface area contributed by atoms with Gasteiger partial charge in [0.15, 0.2) is 5.90 Å². The van der Waals surface area contributed by atoms with Crippen LogP contribution in [-0.4, -0.2) is 47.8 Å². The van der Waals surface area contributed by atoms with E-state index in [0.29, 0.717) is 11.8 Å². The van der Waals surface area contributed by atoms with E-state index in [9.17, 15) is 4.39 Å². The highest BCUT2D eigenvalue weighted by molar-refractivity contribution is 6.03. The summed E-state index contributed by atoms with van der Waals surface area (Å²) in [4.78, 5) is 11.5. The quantitative estimate of drug-likeness (QED) is 0.597. The Bertz CT molecular complexity index is 844. The molecule has 0 aromatic rings. The number of nitrogens with zero attached hydrogens (tertiary/aromatic N) is 3. The van der Waals surface area contributed by atoms with Crippen molar-refractivity contribution in [2.24, 2.45) is 15.4 Å². The largest absolute Gasteiger partial charge is 0.494 e. The van der Waals surface area contributed by atoms with Crippen molar-refractivity contribution in [1.82, 2.24) is 4.90 Å². The van der Waals surface area contributed by atoms with Gasteiger partial charge in [-0.1, -0.05) is 12.2 Å². The van der Waals surface area contributed by atoms with Crippen molar-refractivity contribution in [3.8, 4) is 0 Å². The van der Waals surface area contributed by atoms with Crippen LogP contribution in [0.1, 0.15) is 59.3 Å². The van der Waals surface area contributed by atoms with E-state index in [1.165, 1.54) is 18.9 Å². The van der Waals surface area contributed by atoms with Crippen LogP contribution in [-0.2, 0) is 9.47 Å². The number of piperidine rings is 1. The summed E-state index contributed by atoms with van der Waals surface area (Å²) in [6.45, 7) is 9.12. The lowest BCUT2D eigenvalue weighted by molar-refractivity contribution is -0.0818. The van der Waals surface area contributed by atoms with E-state index < -0.39 is 0 Å². The molecule has 0 amide bonds. The van der Waals surface area contributed by atoms with Crippen LogP contribution >= 0.6 is 0 Å². The van der Waals surface area contributed by atoms with E-state index >= 15 is 0 Å². The summed E-state index contributed by atoms with van der Waals surface area (Å²) in [5.41, 5.74) is 1.24. The molecule has 1 spiro atoms. The molecule has 0 aromatic heterocycles. The highest BCUT2D eigenvalue weighted by atomic mass is 19.1. The summed E-state index contributed by atoms with van der Waals surface area (Å²) in [5, 5.41) is 0. The minimum Gasteiger partial charge on any atom is -0.494 e. The highest BCUT2D eigenvalue weighted by Gasteiger charge is 2.47. The Labute approximate surface area is 185 Å². The third-order valence-corrected chi connectivity index (χ3v) is 6.30. The van der Waals surface area contributed by atoms with Gasteiger partial charge >= 0.3 is 0 Å². The summed E-state index contributed by atoms with van der Waals surface area (Å²) in [6.07, 6.45) is 16.1. The van der Waals surface area contributed by atoms with Crippen molar-refractivity contribution in [3.63, 3.8) is 0 Å². The Morgan fingerprint density at radius 1 is 1.06 bits per heavy atom. The van der Waals surface area contributed by atoms with Crippen LogP contribution in [0, 0.1) is 5.41 Å². The molecule has 1 saturated carbocycles. The molecule has 6 heteroatoms. The molecule has 0 atom stereocenters. The van der Waals surface area contributed by atoms with Crippen LogP contribution in [0.4, 0.5) is 4.39 Å². The first-order chi connectivity index (χ1) is 14.8. The fourth-order valence-electron chi connectivity index (χ4n) is 4.78. The maximum absolute atomic E-state index is 13.6. The maximum Gasteiger partial charge on any atom is 0.194 e. The Hall–Kier alpha value is -2.21. The normalized spacial score (nSPS) is 24.4. The second kappa shape index (κ2) is 9.11. The van der Waals surface area contributed by atoms with Gasteiger partial charge in [-0.05, 0) is 77.1 Å². The van der Waals surface area contributed by atoms with Gasteiger partial charge in [-0.15, -0.1) is 0 Å². The second-order valence-electron chi connectivity index (χ2n) is 10.1. The predicted octanol–water partition coefficient (Wildman–Crippen LogP) is 5.47. The summed E-state index contributed by atoms with van der Waals surface area (Å²) in [5.74, 6) is 1.34. The average molecular weight is 428 g/mol. The summed E-state index contributed by atoms with van der Waals surface area (Å²) in [7, 11) is 0. The zero-order valence-electron chi connectivity index (χ0n) is 18.9. The molecule has 0 radical (unpaired) electrons. The molecule has 2 aliphatic heterocycles. The summed E-state index contributed by atoms with van der Waals surface area (Å²) >= 11 is 0. The standard InChI is InChI=1S/C25H34FN3O2/c1-24(2,3)31-23-15-20(27-10-11-28-23)18-29-12-8-25(9-13-29)16-22(17-25)30-21-7-5-4-6-19(26)14-21/h4-7,10-11,22H,8-9,12-18H2,1-3H3. The zero-order chi connectivity index (χ0) is 21.9. The van der Waals surface area contributed by atoms with E-state index in [-0.39, 0.29) is 24.0 Å². The fraction of sp³-hybridized carbons (Fsp3) is 0.600. The van der Waals surface area contributed by atoms with Crippen molar-refractivity contribution in [3.05, 3.63) is 48.3 Å². The first-order valence-electron chi connectivity index (χ1n) is 11.4. The van der Waals surface area contributed by atoms with Gasteiger partial charge in [-0.25, -0.2) is 9.38 Å². The third-order valence-electron chi connectivity index (χ3n) is 6.30. The first kappa shape index (κ1) is 22.0. The Morgan fingerprint density at radius 2 is 1.77 bits per heavy atom. The van der Waals surface area contributed by atoms with E-state index in [4.69, 9.17) is 9.47 Å². The lowest BCUT2D eigenvalue weighted by Crippen LogP contribution is -2.50. The Morgan fingerprint density at radius 3 is 2.52 bits per heavy atom. The van der Waals surface area contributed by atoms with E-state index in [1.54, 1.807) is 18.5 Å². The molecule has 2 heterocycles. The number of ether oxygens (including phenoxy) is 2. The smallest absolute Gasteiger partial charge is 0.194 e. The minimum atomic E-state index is -0.256. The van der Waals surface area contributed by atoms with E-state index in [2.05, 4.69) is 14.9 Å². The summed E-state index contributed by atoms with van der Waals surface area (Å²) < 4.78 is 25.7. The highest BCUT2D eigenvalue weighted by Crippen LogP contribution is 2.51. The van der Waals surface area contributed by atoms with Crippen LogP contribution in [0.2, 0.25) is 0 Å². The molecule has 31 heavy (non-hydrogen) atoms. The molecule has 4 aliphatic rings. The minimum absolute atomic E-state index is 0.139. The monoisotopic (exact) mass is 427 g/mol. The number of aliphatic imine (C=N–C) groups is 2. The van der Waals surface area contributed by atoms with Crippen molar-refractivity contribution in [2.45, 2.75) is 71.0 Å². The number of allylic oxidation sites excluding steroid dienone is 5. The van der Waals surface area contributed by atoms with Crippen LogP contribution in [0.25, 0.3) is 0 Å². The van der Waals surface area contributed by atoms with Crippen LogP contribution in [0.3, 0.4) is 0 Å². The van der Waals surface area contributed by atoms with Gasteiger partial charge in [-0.3, -0.25) is 9.89 Å². The van der Waals surface area contributed by atoms with Gasteiger partial charge in [0.2, 0.25) is 0 Å². The van der Waals surface area contributed by atoms with E-state index in [1.807, 2.05) is 32.9 Å². The number of hydrogen-bond acceptors (Lipinski definition) is 5. The number of likely N-dealkylation sites (tertiary alicyclic amines) is 1. The predicted molar refractivity (Wildman–Crippen MR) is 123 cm³/mol. The topological polar surface area (TPSA) is 46.4 Å². The molecular formula is C25H34FN3O2. The molecule has 0 aromatic carbocycles. The van der Waals surface area contributed by atoms with Crippen molar-refractivity contribution in [2.75, 3.05) is 19.6 Å². The molecule has 5 nitrogen and oxygen atoms in total. The first-order valence-corrected chi connectivity index (χ1v) is 11.4. The summed E-state index contributed by atoms with van der Waals surface area (Å²) in [6, 6.07) is 0. The third kappa shape index (κ3) is 6.16. The van der Waals surface area contributed by atoms with Crippen LogP contribution < -0.4 is 0 Å². The lowest BCUT2D eigenvalue weighted by Gasteiger charge is -2.52. The number of hydrogen-bond donors (Lipinski definition) is 0. The van der Waals surface area contributed by atoms with Gasteiger partial charge < -0.3 is 9.47 Å². The molecule has 1 saturated heterocycles. The SMILES string of the molecule is CC(C)(C)OC1=NC=CN=C(CN2CCC3(CC2)CC(OC2=CC=CC=C(F)C2)C3)C1. The van der Waals surface area contributed by atoms with E-state index in [0.717, 1.165) is 49.8 Å². The molecule has 4 rings (SSSR count). The lowest BCUT2D eigenvalue weighted by atomic mass is 9.61. The maximum atomic E-state index is 13.6. The molecule has 2 fully saturated rings. The van der Waals surface area contributed by atoms with Gasteiger partial charge in [0.05, 0.1) is 18.9 Å². The molecule has 0 unspecified atom stereocenters. The number of halogens is 1. The number of rotatable bonds is 4. The Balaban J connectivity index is 1.22. The average Bonchev–Trinajstić information content (AvgIpc) is 3.00. The molecular weight excluding hydrogens is 393 g/mol. The molecule has 0 bridgehead atoms. The van der Waals surface area contributed by atoms with Crippen molar-refractivity contribution in [1.29, 1.82) is 0 Å². The second-order valence-corrected chi connectivity index (χ2v) is 10.1.